The maximum Gasteiger partial charge on any atom is 0.253 e. The molecule has 1 amide bonds. The van der Waals surface area contributed by atoms with E-state index >= 15 is 0 Å². The minimum absolute atomic E-state index is 0.0743. The van der Waals surface area contributed by atoms with Crippen LogP contribution in [0.25, 0.3) is 11.0 Å². The van der Waals surface area contributed by atoms with E-state index in [0.717, 1.165) is 24.2 Å². The van der Waals surface area contributed by atoms with Gasteiger partial charge in [-0.3, -0.25) is 4.79 Å². The van der Waals surface area contributed by atoms with E-state index < -0.39 is 0 Å². The van der Waals surface area contributed by atoms with Crippen LogP contribution >= 0.6 is 0 Å². The van der Waals surface area contributed by atoms with Crippen molar-refractivity contribution in [2.75, 3.05) is 14.1 Å². The Morgan fingerprint density at radius 1 is 1.42 bits per heavy atom. The van der Waals surface area contributed by atoms with Gasteiger partial charge < -0.3 is 14.6 Å². The number of rotatable bonds is 2. The van der Waals surface area contributed by atoms with E-state index in [9.17, 15) is 9.90 Å². The maximum atomic E-state index is 12.0. The number of fused-ring (bicyclic) bond motifs is 1. The molecular formula is C14H17N3O2. The van der Waals surface area contributed by atoms with Crippen LogP contribution in [0, 0.1) is 0 Å². The Morgan fingerprint density at radius 2 is 2.11 bits per heavy atom. The van der Waals surface area contributed by atoms with Gasteiger partial charge in [-0.15, -0.1) is 0 Å². The molecule has 1 aromatic heterocycles. The van der Waals surface area contributed by atoms with Crippen molar-refractivity contribution in [1.82, 2.24) is 14.5 Å². The van der Waals surface area contributed by atoms with Crippen LogP contribution in [-0.4, -0.2) is 39.6 Å². The number of hydrogen-bond donors (Lipinski definition) is 1. The summed E-state index contributed by atoms with van der Waals surface area (Å²) in [6.45, 7) is 0. The molecule has 1 aliphatic rings. The van der Waals surface area contributed by atoms with Crippen LogP contribution in [0.4, 0.5) is 0 Å². The van der Waals surface area contributed by atoms with Gasteiger partial charge in [0.05, 0.1) is 5.52 Å². The fourth-order valence-electron chi connectivity index (χ4n) is 2.38. The first kappa shape index (κ1) is 12.0. The molecule has 19 heavy (non-hydrogen) atoms. The first-order valence-electron chi connectivity index (χ1n) is 6.40. The average molecular weight is 259 g/mol. The number of hydrogen-bond acceptors (Lipinski definition) is 3. The van der Waals surface area contributed by atoms with Crippen molar-refractivity contribution >= 4 is 16.9 Å². The van der Waals surface area contributed by atoms with Gasteiger partial charge in [0.1, 0.15) is 17.1 Å². The number of nitrogens with zero attached hydrogens (tertiary/aromatic N) is 3. The van der Waals surface area contributed by atoms with Crippen LogP contribution in [0.2, 0.25) is 0 Å². The predicted molar refractivity (Wildman–Crippen MR) is 72.4 cm³/mol. The molecule has 3 rings (SSSR count). The number of carbonyl (C=O) groups is 1. The number of amides is 1. The number of imidazole rings is 1. The largest absolute Gasteiger partial charge is 0.506 e. The Bertz CT molecular complexity index is 669. The molecule has 5 heteroatoms. The highest BCUT2D eigenvalue weighted by atomic mass is 16.3. The third-order valence-electron chi connectivity index (χ3n) is 3.60. The number of phenolic OH excluding ortho intramolecular Hbond substituents is 1. The number of benzene rings is 1. The van der Waals surface area contributed by atoms with E-state index in [2.05, 4.69) is 4.98 Å². The molecule has 0 spiro atoms. The van der Waals surface area contributed by atoms with Gasteiger partial charge >= 0.3 is 0 Å². The summed E-state index contributed by atoms with van der Waals surface area (Å²) in [5, 5.41) is 10.1. The lowest BCUT2D eigenvalue weighted by atomic mass is 10.1. The number of aryl methyl sites for hydroxylation is 1. The molecular weight excluding hydrogens is 242 g/mol. The molecule has 1 N–H and O–H groups in total. The van der Waals surface area contributed by atoms with E-state index in [4.69, 9.17) is 0 Å². The molecule has 0 atom stereocenters. The highest BCUT2D eigenvalue weighted by molar-refractivity contribution is 5.99. The Kier molecular flexibility index (Phi) is 2.52. The molecule has 0 saturated heterocycles. The van der Waals surface area contributed by atoms with Crippen molar-refractivity contribution in [3.8, 4) is 5.75 Å². The second-order valence-corrected chi connectivity index (χ2v) is 5.37. The summed E-state index contributed by atoms with van der Waals surface area (Å²) >= 11 is 0. The standard InChI is InChI=1S/C14H17N3O2/c1-16(2)14(19)9-6-10-12(11(18)7-9)15-13(17(10)3)8-4-5-8/h6-8,18H,4-5H2,1-3H3. The third-order valence-corrected chi connectivity index (χ3v) is 3.60. The number of aromatic nitrogens is 2. The van der Waals surface area contributed by atoms with Crippen LogP contribution in [0.5, 0.6) is 5.75 Å². The predicted octanol–water partition coefficient (Wildman–Crippen LogP) is 1.86. The summed E-state index contributed by atoms with van der Waals surface area (Å²) in [6, 6.07) is 3.30. The van der Waals surface area contributed by atoms with Gasteiger partial charge in [-0.25, -0.2) is 4.98 Å². The number of carbonyl (C=O) groups excluding carboxylic acids is 1. The fourth-order valence-corrected chi connectivity index (χ4v) is 2.38. The molecule has 5 nitrogen and oxygen atoms in total. The molecule has 1 heterocycles. The third kappa shape index (κ3) is 1.85. The molecule has 1 fully saturated rings. The van der Waals surface area contributed by atoms with Gasteiger partial charge in [-0.05, 0) is 25.0 Å². The Hall–Kier alpha value is -2.04. The van der Waals surface area contributed by atoms with Crippen molar-refractivity contribution in [3.05, 3.63) is 23.5 Å². The Balaban J connectivity index is 2.19. The molecule has 0 radical (unpaired) electrons. The molecule has 0 aliphatic heterocycles. The van der Waals surface area contributed by atoms with E-state index in [-0.39, 0.29) is 11.7 Å². The van der Waals surface area contributed by atoms with Crippen molar-refractivity contribution < 1.29 is 9.90 Å². The maximum absolute atomic E-state index is 12.0. The molecule has 1 aromatic carbocycles. The summed E-state index contributed by atoms with van der Waals surface area (Å²) < 4.78 is 1.99. The van der Waals surface area contributed by atoms with Gasteiger partial charge in [-0.2, -0.15) is 0 Å². The second-order valence-electron chi connectivity index (χ2n) is 5.37. The minimum atomic E-state index is -0.119. The first-order valence-corrected chi connectivity index (χ1v) is 6.40. The van der Waals surface area contributed by atoms with Crippen LogP contribution < -0.4 is 0 Å². The number of aromatic hydroxyl groups is 1. The smallest absolute Gasteiger partial charge is 0.253 e. The molecule has 1 aliphatic carbocycles. The van der Waals surface area contributed by atoms with Crippen LogP contribution in [-0.2, 0) is 7.05 Å². The van der Waals surface area contributed by atoms with Crippen molar-refractivity contribution in [2.24, 2.45) is 7.05 Å². The SMILES string of the molecule is CN(C)C(=O)c1cc(O)c2nc(C3CC3)n(C)c2c1. The van der Waals surface area contributed by atoms with Crippen molar-refractivity contribution in [1.29, 1.82) is 0 Å². The number of phenols is 1. The van der Waals surface area contributed by atoms with E-state index in [1.807, 2.05) is 11.6 Å². The first-order chi connectivity index (χ1) is 8.99. The van der Waals surface area contributed by atoms with Crippen LogP contribution in [0.15, 0.2) is 12.1 Å². The van der Waals surface area contributed by atoms with Gasteiger partial charge in [-0.1, -0.05) is 0 Å². The highest BCUT2D eigenvalue weighted by Crippen LogP contribution is 2.41. The molecule has 1 saturated carbocycles. The van der Waals surface area contributed by atoms with Gasteiger partial charge in [0.2, 0.25) is 0 Å². The summed E-state index contributed by atoms with van der Waals surface area (Å²) in [4.78, 5) is 18.0. The fraction of sp³-hybridized carbons (Fsp3) is 0.429. The van der Waals surface area contributed by atoms with E-state index in [0.29, 0.717) is 17.0 Å². The summed E-state index contributed by atoms with van der Waals surface area (Å²) in [5.74, 6) is 1.46. The normalized spacial score (nSPS) is 14.9. The van der Waals surface area contributed by atoms with Gasteiger partial charge in [0, 0.05) is 32.6 Å². The zero-order valence-corrected chi connectivity index (χ0v) is 11.3. The summed E-state index contributed by atoms with van der Waals surface area (Å²) in [7, 11) is 5.33. The van der Waals surface area contributed by atoms with Gasteiger partial charge in [0.25, 0.3) is 5.91 Å². The second kappa shape index (κ2) is 3.98. The molecule has 0 unspecified atom stereocenters. The highest BCUT2D eigenvalue weighted by Gasteiger charge is 2.29. The van der Waals surface area contributed by atoms with Crippen LogP contribution in [0.1, 0.15) is 34.9 Å². The quantitative estimate of drug-likeness (QED) is 0.895. The topological polar surface area (TPSA) is 58.4 Å². The van der Waals surface area contributed by atoms with Crippen molar-refractivity contribution in [2.45, 2.75) is 18.8 Å². The Labute approximate surface area is 111 Å². The lowest BCUT2D eigenvalue weighted by Gasteiger charge is -2.10. The zero-order valence-electron chi connectivity index (χ0n) is 11.3. The molecule has 2 aromatic rings. The minimum Gasteiger partial charge on any atom is -0.506 e. The monoisotopic (exact) mass is 259 g/mol. The lowest BCUT2D eigenvalue weighted by Crippen LogP contribution is -2.21. The zero-order chi connectivity index (χ0) is 13.7. The summed E-state index contributed by atoms with van der Waals surface area (Å²) in [6.07, 6.45) is 2.31. The lowest BCUT2D eigenvalue weighted by molar-refractivity contribution is 0.0827. The van der Waals surface area contributed by atoms with Crippen molar-refractivity contribution in [3.63, 3.8) is 0 Å². The van der Waals surface area contributed by atoms with Crippen LogP contribution in [0.3, 0.4) is 0 Å². The molecule has 100 valence electrons. The molecule has 0 bridgehead atoms. The Morgan fingerprint density at radius 3 is 2.68 bits per heavy atom. The van der Waals surface area contributed by atoms with E-state index in [1.165, 1.54) is 11.0 Å². The average Bonchev–Trinajstić information content (AvgIpc) is 3.14. The van der Waals surface area contributed by atoms with E-state index in [1.54, 1.807) is 20.2 Å². The van der Waals surface area contributed by atoms with Gasteiger partial charge in [0.15, 0.2) is 0 Å². The summed E-state index contributed by atoms with van der Waals surface area (Å²) in [5.41, 5.74) is 1.88.